The van der Waals surface area contributed by atoms with Crippen LogP contribution in [-0.2, 0) is 14.3 Å². The third-order valence-corrected chi connectivity index (χ3v) is 6.71. The molecule has 1 fully saturated rings. The standard InChI is InChI=1S/C21H26N4O5S/c1-21(2)9-13(6-7-30-21)25-19-17(20(28)24-25)18(31-11-16(27)23-19)12-4-3-5-14(8-12)29-10-15(22)26/h3-5,8,13,18H,6-7,9-11H2,1-2H3,(H2,22,26)(H,23,27)(H,24,28)/t13-,18+/m0/s1. The molecule has 0 aliphatic carbocycles. The molecule has 2 atom stereocenters. The van der Waals surface area contributed by atoms with Crippen molar-refractivity contribution in [2.24, 2.45) is 5.73 Å². The number of carbonyl (C=O) groups excluding carboxylic acids is 2. The van der Waals surface area contributed by atoms with Gasteiger partial charge in [-0.3, -0.25) is 24.2 Å². The molecule has 1 aromatic heterocycles. The lowest BCUT2D eigenvalue weighted by Crippen LogP contribution is -2.36. The topological polar surface area (TPSA) is 128 Å². The fourth-order valence-corrected chi connectivity index (χ4v) is 5.24. The average Bonchev–Trinajstić information content (AvgIpc) is 2.91. The van der Waals surface area contributed by atoms with E-state index in [0.717, 1.165) is 12.0 Å². The molecule has 1 aromatic carbocycles. The molecule has 0 saturated carbocycles. The van der Waals surface area contributed by atoms with Crippen LogP contribution in [0.1, 0.15) is 49.1 Å². The molecule has 10 heteroatoms. The van der Waals surface area contributed by atoms with Crippen LogP contribution in [0.3, 0.4) is 0 Å². The number of primary amides is 1. The van der Waals surface area contributed by atoms with Crippen LogP contribution in [0.2, 0.25) is 0 Å². The summed E-state index contributed by atoms with van der Waals surface area (Å²) in [5.74, 6) is 0.470. The lowest BCUT2D eigenvalue weighted by Gasteiger charge is -2.36. The van der Waals surface area contributed by atoms with Crippen molar-refractivity contribution in [3.05, 3.63) is 45.7 Å². The Labute approximate surface area is 183 Å². The highest BCUT2D eigenvalue weighted by atomic mass is 32.2. The van der Waals surface area contributed by atoms with E-state index < -0.39 is 5.91 Å². The van der Waals surface area contributed by atoms with E-state index in [1.54, 1.807) is 22.9 Å². The molecule has 0 radical (unpaired) electrons. The van der Waals surface area contributed by atoms with E-state index in [2.05, 4.69) is 10.4 Å². The van der Waals surface area contributed by atoms with Crippen molar-refractivity contribution in [2.45, 2.75) is 43.6 Å². The summed E-state index contributed by atoms with van der Waals surface area (Å²) in [7, 11) is 0. The summed E-state index contributed by atoms with van der Waals surface area (Å²) < 4.78 is 13.0. The predicted molar refractivity (Wildman–Crippen MR) is 117 cm³/mol. The summed E-state index contributed by atoms with van der Waals surface area (Å²) in [6.45, 7) is 4.39. The second-order valence-electron chi connectivity index (χ2n) is 8.39. The van der Waals surface area contributed by atoms with Crippen molar-refractivity contribution < 1.29 is 19.1 Å². The quantitative estimate of drug-likeness (QED) is 0.644. The molecule has 3 heterocycles. The minimum Gasteiger partial charge on any atom is -0.484 e. The highest BCUT2D eigenvalue weighted by molar-refractivity contribution is 8.00. The molecule has 2 aromatic rings. The number of thioether (sulfide) groups is 1. The summed E-state index contributed by atoms with van der Waals surface area (Å²) in [6, 6.07) is 7.17. The minimum absolute atomic E-state index is 0.00878. The first-order valence-corrected chi connectivity index (χ1v) is 11.2. The Morgan fingerprint density at radius 2 is 2.19 bits per heavy atom. The number of rotatable bonds is 5. The summed E-state index contributed by atoms with van der Waals surface area (Å²) in [5, 5.41) is 5.51. The fourth-order valence-electron chi connectivity index (χ4n) is 4.12. The zero-order valence-electron chi connectivity index (χ0n) is 17.5. The Balaban J connectivity index is 1.73. The lowest BCUT2D eigenvalue weighted by atomic mass is 9.94. The third-order valence-electron chi connectivity index (χ3n) is 5.44. The van der Waals surface area contributed by atoms with Crippen molar-refractivity contribution in [2.75, 3.05) is 24.3 Å². The molecule has 0 spiro atoms. The predicted octanol–water partition coefficient (Wildman–Crippen LogP) is 1.95. The molecule has 31 heavy (non-hydrogen) atoms. The Morgan fingerprint density at radius 1 is 1.39 bits per heavy atom. The molecule has 1 saturated heterocycles. The van der Waals surface area contributed by atoms with Gasteiger partial charge >= 0.3 is 0 Å². The van der Waals surface area contributed by atoms with Gasteiger partial charge in [0.15, 0.2) is 6.61 Å². The zero-order chi connectivity index (χ0) is 22.2. The number of carbonyl (C=O) groups is 2. The lowest BCUT2D eigenvalue weighted by molar-refractivity contribution is -0.120. The minimum atomic E-state index is -0.570. The Bertz CT molecular complexity index is 1060. The van der Waals surface area contributed by atoms with E-state index in [0.29, 0.717) is 30.2 Å². The monoisotopic (exact) mass is 446 g/mol. The number of nitrogens with one attached hydrogen (secondary N) is 2. The number of fused-ring (bicyclic) bond motifs is 1. The average molecular weight is 447 g/mol. The molecule has 2 amide bonds. The molecule has 4 rings (SSSR count). The molecule has 2 aliphatic heterocycles. The second kappa shape index (κ2) is 8.43. The van der Waals surface area contributed by atoms with Gasteiger partial charge in [0.05, 0.1) is 28.2 Å². The molecule has 4 N–H and O–H groups in total. The number of ether oxygens (including phenoxy) is 2. The molecular weight excluding hydrogens is 420 g/mol. The number of aromatic amines is 1. The maximum absolute atomic E-state index is 13.1. The van der Waals surface area contributed by atoms with Crippen molar-refractivity contribution >= 4 is 29.4 Å². The SMILES string of the molecule is CC1(C)C[C@@H](n2[nH]c(=O)c3c2NC(=O)CS[C@@H]3c2cccc(OCC(N)=O)c2)CCO1. The third kappa shape index (κ3) is 4.64. The molecule has 0 bridgehead atoms. The number of nitrogens with zero attached hydrogens (tertiary/aromatic N) is 1. The smallest absolute Gasteiger partial charge is 0.270 e. The number of H-pyrrole nitrogens is 1. The largest absolute Gasteiger partial charge is 0.484 e. The number of hydrogen-bond donors (Lipinski definition) is 3. The molecular formula is C21H26N4O5S. The van der Waals surface area contributed by atoms with Gasteiger partial charge in [-0.1, -0.05) is 12.1 Å². The van der Waals surface area contributed by atoms with Gasteiger partial charge in [0.1, 0.15) is 11.6 Å². The van der Waals surface area contributed by atoms with Crippen LogP contribution in [0, 0.1) is 0 Å². The highest BCUT2D eigenvalue weighted by Crippen LogP contribution is 2.42. The second-order valence-corrected chi connectivity index (χ2v) is 9.49. The van der Waals surface area contributed by atoms with Crippen molar-refractivity contribution in [1.29, 1.82) is 0 Å². The van der Waals surface area contributed by atoms with Crippen LogP contribution in [0.15, 0.2) is 29.1 Å². The Morgan fingerprint density at radius 3 is 2.94 bits per heavy atom. The first-order valence-electron chi connectivity index (χ1n) is 10.1. The number of hydrogen-bond acceptors (Lipinski definition) is 6. The van der Waals surface area contributed by atoms with Gasteiger partial charge in [0, 0.05) is 6.61 Å². The van der Waals surface area contributed by atoms with E-state index in [1.165, 1.54) is 11.8 Å². The maximum Gasteiger partial charge on any atom is 0.270 e. The van der Waals surface area contributed by atoms with E-state index in [4.69, 9.17) is 15.2 Å². The number of aromatic nitrogens is 2. The fraction of sp³-hybridized carbons (Fsp3) is 0.476. The van der Waals surface area contributed by atoms with Crippen molar-refractivity contribution in [3.8, 4) is 5.75 Å². The Hall–Kier alpha value is -2.72. The maximum atomic E-state index is 13.1. The van der Waals surface area contributed by atoms with Crippen LogP contribution in [0.4, 0.5) is 5.82 Å². The van der Waals surface area contributed by atoms with Crippen molar-refractivity contribution in [3.63, 3.8) is 0 Å². The van der Waals surface area contributed by atoms with Crippen LogP contribution in [0.25, 0.3) is 0 Å². The van der Waals surface area contributed by atoms with E-state index in [1.807, 2.05) is 19.9 Å². The van der Waals surface area contributed by atoms with Crippen LogP contribution in [-0.4, -0.2) is 46.2 Å². The van der Waals surface area contributed by atoms with Gasteiger partial charge in [0.25, 0.3) is 11.5 Å². The number of benzene rings is 1. The first-order chi connectivity index (χ1) is 14.7. The summed E-state index contributed by atoms with van der Waals surface area (Å²) in [5.41, 5.74) is 5.93. The Kier molecular flexibility index (Phi) is 5.85. The van der Waals surface area contributed by atoms with Gasteiger partial charge in [-0.15, -0.1) is 11.8 Å². The zero-order valence-corrected chi connectivity index (χ0v) is 18.3. The van der Waals surface area contributed by atoms with Gasteiger partial charge in [-0.2, -0.15) is 0 Å². The molecule has 0 unspecified atom stereocenters. The van der Waals surface area contributed by atoms with Crippen molar-refractivity contribution in [1.82, 2.24) is 9.78 Å². The van der Waals surface area contributed by atoms with Crippen LogP contribution in [0.5, 0.6) is 5.75 Å². The van der Waals surface area contributed by atoms with E-state index in [-0.39, 0.29) is 40.7 Å². The normalized spacial score (nSPS) is 22.8. The number of amides is 2. The number of nitrogens with two attached hydrogens (primary N) is 1. The van der Waals surface area contributed by atoms with Gasteiger partial charge < -0.3 is 20.5 Å². The van der Waals surface area contributed by atoms with Crippen LogP contribution < -0.4 is 21.3 Å². The van der Waals surface area contributed by atoms with E-state index >= 15 is 0 Å². The van der Waals surface area contributed by atoms with Gasteiger partial charge in [-0.05, 0) is 44.4 Å². The molecule has 166 valence electrons. The summed E-state index contributed by atoms with van der Waals surface area (Å²) >= 11 is 1.38. The van der Waals surface area contributed by atoms with Gasteiger partial charge in [-0.25, -0.2) is 0 Å². The molecule has 9 nitrogen and oxygen atoms in total. The van der Waals surface area contributed by atoms with Crippen LogP contribution >= 0.6 is 11.8 Å². The summed E-state index contributed by atoms with van der Waals surface area (Å²) in [6.07, 6.45) is 1.46. The molecule has 2 aliphatic rings. The summed E-state index contributed by atoms with van der Waals surface area (Å²) in [4.78, 5) is 36.6. The van der Waals surface area contributed by atoms with Gasteiger partial charge in [0.2, 0.25) is 5.91 Å². The highest BCUT2D eigenvalue weighted by Gasteiger charge is 2.36. The van der Waals surface area contributed by atoms with E-state index in [9.17, 15) is 14.4 Å². The first kappa shape index (κ1) is 21.5. The number of anilines is 1.